The number of nitrogens with one attached hydrogen (secondary N) is 1. The number of anilines is 1. The molecule has 0 bridgehead atoms. The molecule has 2 fully saturated rings. The van der Waals surface area contributed by atoms with Crippen molar-refractivity contribution < 1.29 is 9.47 Å². The maximum absolute atomic E-state index is 9.66. The van der Waals surface area contributed by atoms with Crippen molar-refractivity contribution in [2.75, 3.05) is 58.0 Å². The Balaban J connectivity index is 1.39. The zero-order valence-electron chi connectivity index (χ0n) is 22.1. The highest BCUT2D eigenvalue weighted by Gasteiger charge is 2.25. The molecule has 9 heteroatoms. The molecule has 198 valence electrons. The van der Waals surface area contributed by atoms with E-state index in [1.54, 1.807) is 7.11 Å². The number of aryl methyl sites for hydroxylation is 1. The second kappa shape index (κ2) is 11.0. The van der Waals surface area contributed by atoms with Gasteiger partial charge in [0, 0.05) is 60.9 Å². The number of ether oxygens (including phenoxy) is 2. The van der Waals surface area contributed by atoms with Gasteiger partial charge in [-0.25, -0.2) is 9.97 Å². The standard InChI is InChI=1S/C29H34N6O2S/c1-19-25(18-34-8-4-20(5-9-34)6-12-36-2)38-27-26(19)32-28(33-29(27)35-10-13-37-14-11-35)23-15-21(17-30)16-24-22(23)3-7-31-24/h3,7,15-16,20,31H,4-6,8-14,18H2,1-2H3. The van der Waals surface area contributed by atoms with Crippen LogP contribution in [-0.2, 0) is 16.0 Å². The number of rotatable bonds is 7. The van der Waals surface area contributed by atoms with E-state index in [-0.39, 0.29) is 0 Å². The van der Waals surface area contributed by atoms with Gasteiger partial charge in [0.1, 0.15) is 0 Å². The Morgan fingerprint density at radius 1 is 1.18 bits per heavy atom. The molecule has 4 aromatic rings. The second-order valence-electron chi connectivity index (χ2n) is 10.4. The summed E-state index contributed by atoms with van der Waals surface area (Å²) >= 11 is 1.84. The van der Waals surface area contributed by atoms with Crippen LogP contribution >= 0.6 is 11.3 Å². The third-order valence-electron chi connectivity index (χ3n) is 8.00. The van der Waals surface area contributed by atoms with E-state index in [1.807, 2.05) is 35.7 Å². The average molecular weight is 531 g/mol. The van der Waals surface area contributed by atoms with E-state index in [9.17, 15) is 5.26 Å². The average Bonchev–Trinajstić information content (AvgIpc) is 3.56. The normalized spacial score (nSPS) is 17.4. The summed E-state index contributed by atoms with van der Waals surface area (Å²) in [7, 11) is 1.79. The maximum atomic E-state index is 9.66. The first-order valence-corrected chi connectivity index (χ1v) is 14.3. The summed E-state index contributed by atoms with van der Waals surface area (Å²) in [6.45, 7) is 9.28. The number of nitrogens with zero attached hydrogens (tertiary/aromatic N) is 5. The summed E-state index contributed by atoms with van der Waals surface area (Å²) < 4.78 is 12.1. The molecule has 2 saturated heterocycles. The monoisotopic (exact) mass is 530 g/mol. The van der Waals surface area contributed by atoms with E-state index in [1.165, 1.54) is 23.3 Å². The van der Waals surface area contributed by atoms with Crippen LogP contribution in [0.2, 0.25) is 0 Å². The van der Waals surface area contributed by atoms with Crippen LogP contribution in [-0.4, -0.2) is 73.0 Å². The molecule has 8 nitrogen and oxygen atoms in total. The summed E-state index contributed by atoms with van der Waals surface area (Å²) in [4.78, 5) is 19.9. The molecule has 1 aromatic carbocycles. The van der Waals surface area contributed by atoms with Gasteiger partial charge in [0.25, 0.3) is 0 Å². The van der Waals surface area contributed by atoms with Crippen LogP contribution < -0.4 is 4.90 Å². The fraction of sp³-hybridized carbons (Fsp3) is 0.483. The lowest BCUT2D eigenvalue weighted by molar-refractivity contribution is 0.122. The van der Waals surface area contributed by atoms with Crippen LogP contribution in [0.1, 0.15) is 35.3 Å². The molecule has 0 atom stereocenters. The van der Waals surface area contributed by atoms with E-state index >= 15 is 0 Å². The van der Waals surface area contributed by atoms with Gasteiger partial charge in [0.2, 0.25) is 0 Å². The molecule has 38 heavy (non-hydrogen) atoms. The largest absolute Gasteiger partial charge is 0.385 e. The lowest BCUT2D eigenvalue weighted by Crippen LogP contribution is -2.36. The molecule has 6 rings (SSSR count). The number of fused-ring (bicyclic) bond motifs is 2. The van der Waals surface area contributed by atoms with Crippen LogP contribution in [0, 0.1) is 24.2 Å². The molecular formula is C29H34N6O2S. The van der Waals surface area contributed by atoms with Crippen molar-refractivity contribution in [3.63, 3.8) is 0 Å². The van der Waals surface area contributed by atoms with E-state index < -0.39 is 0 Å². The summed E-state index contributed by atoms with van der Waals surface area (Å²) in [5, 5.41) is 10.7. The molecule has 0 unspecified atom stereocenters. The molecule has 5 heterocycles. The van der Waals surface area contributed by atoms with E-state index in [0.29, 0.717) is 24.6 Å². The van der Waals surface area contributed by atoms with Crippen molar-refractivity contribution in [3.8, 4) is 17.5 Å². The Morgan fingerprint density at radius 3 is 2.76 bits per heavy atom. The van der Waals surface area contributed by atoms with Gasteiger partial charge in [-0.2, -0.15) is 5.26 Å². The van der Waals surface area contributed by atoms with Gasteiger partial charge in [-0.05, 0) is 69.0 Å². The molecule has 2 aliphatic heterocycles. The number of benzene rings is 1. The SMILES string of the molecule is COCCC1CCN(Cc2sc3c(N4CCOCC4)nc(-c4cc(C#N)cc5[nH]ccc45)nc3c2C)CC1. The van der Waals surface area contributed by atoms with Crippen LogP contribution in [0.25, 0.3) is 32.5 Å². The molecule has 3 aromatic heterocycles. The number of H-pyrrole nitrogens is 1. The smallest absolute Gasteiger partial charge is 0.162 e. The topological polar surface area (TPSA) is 90.3 Å². The Hall–Kier alpha value is -3.03. The first-order chi connectivity index (χ1) is 18.6. The Labute approximate surface area is 227 Å². The van der Waals surface area contributed by atoms with Crippen molar-refractivity contribution in [3.05, 3.63) is 40.4 Å². The first-order valence-electron chi connectivity index (χ1n) is 13.5. The maximum Gasteiger partial charge on any atom is 0.162 e. The fourth-order valence-electron chi connectivity index (χ4n) is 5.72. The minimum Gasteiger partial charge on any atom is -0.385 e. The minimum absolute atomic E-state index is 0.600. The number of methoxy groups -OCH3 is 1. The lowest BCUT2D eigenvalue weighted by atomic mass is 9.94. The molecule has 0 aliphatic carbocycles. The highest BCUT2D eigenvalue weighted by Crippen LogP contribution is 2.39. The Bertz CT molecular complexity index is 1470. The highest BCUT2D eigenvalue weighted by molar-refractivity contribution is 7.19. The van der Waals surface area contributed by atoms with E-state index in [0.717, 1.165) is 84.2 Å². The van der Waals surface area contributed by atoms with Gasteiger partial charge < -0.3 is 19.4 Å². The highest BCUT2D eigenvalue weighted by atomic mass is 32.1. The predicted octanol–water partition coefficient (Wildman–Crippen LogP) is 5.10. The molecule has 0 radical (unpaired) electrons. The van der Waals surface area contributed by atoms with Gasteiger partial charge in [0.05, 0.1) is 35.1 Å². The minimum atomic E-state index is 0.600. The summed E-state index contributed by atoms with van der Waals surface area (Å²) in [5.74, 6) is 2.43. The Kier molecular flexibility index (Phi) is 7.30. The molecule has 0 spiro atoms. The van der Waals surface area contributed by atoms with Crippen molar-refractivity contribution >= 4 is 38.3 Å². The van der Waals surface area contributed by atoms with Crippen molar-refractivity contribution in [2.24, 2.45) is 5.92 Å². The molecule has 1 N–H and O–H groups in total. The number of thiophene rings is 1. The summed E-state index contributed by atoms with van der Waals surface area (Å²) in [6, 6.07) is 8.13. The first kappa shape index (κ1) is 25.3. The molecule has 0 amide bonds. The zero-order valence-corrected chi connectivity index (χ0v) is 22.9. The van der Waals surface area contributed by atoms with E-state index in [4.69, 9.17) is 19.4 Å². The number of hydrogen-bond acceptors (Lipinski definition) is 8. The quantitative estimate of drug-likeness (QED) is 0.355. The number of aromatic amines is 1. The Morgan fingerprint density at radius 2 is 2.00 bits per heavy atom. The van der Waals surface area contributed by atoms with Crippen LogP contribution in [0.5, 0.6) is 0 Å². The number of aromatic nitrogens is 3. The predicted molar refractivity (Wildman–Crippen MR) is 152 cm³/mol. The third kappa shape index (κ3) is 4.90. The van der Waals surface area contributed by atoms with E-state index in [2.05, 4.69) is 27.8 Å². The fourth-order valence-corrected chi connectivity index (χ4v) is 7.02. The van der Waals surface area contributed by atoms with Crippen LogP contribution in [0.15, 0.2) is 24.4 Å². The van der Waals surface area contributed by atoms with Crippen LogP contribution in [0.4, 0.5) is 5.82 Å². The molecule has 2 aliphatic rings. The lowest BCUT2D eigenvalue weighted by Gasteiger charge is -2.31. The molecule has 0 saturated carbocycles. The number of nitriles is 1. The number of piperidine rings is 1. The summed E-state index contributed by atoms with van der Waals surface area (Å²) in [6.07, 6.45) is 5.54. The number of hydrogen-bond donors (Lipinski definition) is 1. The van der Waals surface area contributed by atoms with Crippen molar-refractivity contribution in [1.29, 1.82) is 5.26 Å². The van der Waals surface area contributed by atoms with Gasteiger partial charge in [-0.3, -0.25) is 4.90 Å². The zero-order chi connectivity index (χ0) is 26.1. The van der Waals surface area contributed by atoms with Gasteiger partial charge in [0.15, 0.2) is 11.6 Å². The second-order valence-corrected chi connectivity index (χ2v) is 11.5. The van der Waals surface area contributed by atoms with Crippen molar-refractivity contribution in [2.45, 2.75) is 32.7 Å². The van der Waals surface area contributed by atoms with Gasteiger partial charge >= 0.3 is 0 Å². The van der Waals surface area contributed by atoms with Gasteiger partial charge in [-0.1, -0.05) is 0 Å². The third-order valence-corrected chi connectivity index (χ3v) is 9.26. The number of likely N-dealkylation sites (tertiary alicyclic amines) is 1. The summed E-state index contributed by atoms with van der Waals surface area (Å²) in [5.41, 5.74) is 4.68. The molecular weight excluding hydrogens is 496 g/mol. The van der Waals surface area contributed by atoms with Crippen molar-refractivity contribution in [1.82, 2.24) is 19.9 Å². The number of morpholine rings is 1. The van der Waals surface area contributed by atoms with Gasteiger partial charge in [-0.15, -0.1) is 11.3 Å². The van der Waals surface area contributed by atoms with Crippen LogP contribution in [0.3, 0.4) is 0 Å².